The summed E-state index contributed by atoms with van der Waals surface area (Å²) in [5.41, 5.74) is -0.286. The molecule has 2 atom stereocenters. The standard InChI is InChI=1S/C12H23NO2/c1-4-5-10(2)8-15-11(14)12(3)6-7-13-9-12/h10,13H,4-9H2,1-3H3. The van der Waals surface area contributed by atoms with E-state index in [4.69, 9.17) is 4.74 Å². The molecule has 0 aromatic carbocycles. The number of hydrogen-bond acceptors (Lipinski definition) is 3. The summed E-state index contributed by atoms with van der Waals surface area (Å²) in [6.07, 6.45) is 3.17. The third-order valence-electron chi connectivity index (χ3n) is 3.14. The lowest BCUT2D eigenvalue weighted by molar-refractivity contribution is -0.155. The van der Waals surface area contributed by atoms with E-state index in [0.29, 0.717) is 12.5 Å². The quantitative estimate of drug-likeness (QED) is 0.710. The van der Waals surface area contributed by atoms with Crippen molar-refractivity contribution in [1.82, 2.24) is 5.32 Å². The van der Waals surface area contributed by atoms with E-state index in [2.05, 4.69) is 19.2 Å². The van der Waals surface area contributed by atoms with Crippen LogP contribution in [0.3, 0.4) is 0 Å². The lowest BCUT2D eigenvalue weighted by Crippen LogP contribution is -2.33. The van der Waals surface area contributed by atoms with Gasteiger partial charge in [0, 0.05) is 6.54 Å². The van der Waals surface area contributed by atoms with E-state index < -0.39 is 0 Å². The Morgan fingerprint density at radius 1 is 1.60 bits per heavy atom. The van der Waals surface area contributed by atoms with Crippen LogP contribution < -0.4 is 5.32 Å². The molecule has 1 saturated heterocycles. The van der Waals surface area contributed by atoms with E-state index in [-0.39, 0.29) is 11.4 Å². The Kier molecular flexibility index (Phi) is 4.58. The van der Waals surface area contributed by atoms with Crippen LogP contribution in [0.4, 0.5) is 0 Å². The minimum Gasteiger partial charge on any atom is -0.465 e. The highest BCUT2D eigenvalue weighted by Gasteiger charge is 2.37. The van der Waals surface area contributed by atoms with Gasteiger partial charge < -0.3 is 10.1 Å². The summed E-state index contributed by atoms with van der Waals surface area (Å²) in [4.78, 5) is 11.8. The van der Waals surface area contributed by atoms with Crippen LogP contribution in [0.5, 0.6) is 0 Å². The maximum absolute atomic E-state index is 11.8. The Morgan fingerprint density at radius 3 is 2.87 bits per heavy atom. The second-order valence-electron chi connectivity index (χ2n) is 4.98. The van der Waals surface area contributed by atoms with Crippen molar-refractivity contribution in [2.45, 2.75) is 40.0 Å². The summed E-state index contributed by atoms with van der Waals surface area (Å²) < 4.78 is 5.36. The van der Waals surface area contributed by atoms with E-state index in [0.717, 1.165) is 32.4 Å². The highest BCUT2D eigenvalue weighted by molar-refractivity contribution is 5.77. The van der Waals surface area contributed by atoms with Crippen LogP contribution in [0.2, 0.25) is 0 Å². The molecule has 0 aliphatic carbocycles. The van der Waals surface area contributed by atoms with Gasteiger partial charge in [0.1, 0.15) is 0 Å². The van der Waals surface area contributed by atoms with E-state index >= 15 is 0 Å². The average Bonchev–Trinajstić information content (AvgIpc) is 2.63. The van der Waals surface area contributed by atoms with Gasteiger partial charge in [0.25, 0.3) is 0 Å². The van der Waals surface area contributed by atoms with E-state index in [9.17, 15) is 4.79 Å². The van der Waals surface area contributed by atoms with Gasteiger partial charge in [-0.25, -0.2) is 0 Å². The molecule has 0 amide bonds. The molecule has 0 bridgehead atoms. The van der Waals surface area contributed by atoms with Crippen molar-refractivity contribution in [3.05, 3.63) is 0 Å². The zero-order valence-electron chi connectivity index (χ0n) is 10.1. The highest BCUT2D eigenvalue weighted by Crippen LogP contribution is 2.26. The maximum Gasteiger partial charge on any atom is 0.313 e. The zero-order valence-corrected chi connectivity index (χ0v) is 10.1. The minimum atomic E-state index is -0.286. The third-order valence-corrected chi connectivity index (χ3v) is 3.14. The van der Waals surface area contributed by atoms with Crippen LogP contribution in [0.15, 0.2) is 0 Å². The van der Waals surface area contributed by atoms with Crippen LogP contribution in [0.1, 0.15) is 40.0 Å². The Balaban J connectivity index is 2.29. The molecule has 2 unspecified atom stereocenters. The average molecular weight is 213 g/mol. The predicted molar refractivity (Wildman–Crippen MR) is 60.6 cm³/mol. The molecule has 0 saturated carbocycles. The molecule has 0 radical (unpaired) electrons. The third kappa shape index (κ3) is 3.49. The molecule has 1 fully saturated rings. The second-order valence-corrected chi connectivity index (χ2v) is 4.98. The first-order chi connectivity index (χ1) is 7.08. The van der Waals surface area contributed by atoms with Crippen molar-refractivity contribution in [1.29, 1.82) is 0 Å². The molecule has 1 N–H and O–H groups in total. The summed E-state index contributed by atoms with van der Waals surface area (Å²) in [5, 5.41) is 3.21. The molecule has 1 aliphatic heterocycles. The molecular weight excluding hydrogens is 190 g/mol. The van der Waals surface area contributed by atoms with Crippen molar-refractivity contribution in [3.63, 3.8) is 0 Å². The van der Waals surface area contributed by atoms with Crippen LogP contribution in [0, 0.1) is 11.3 Å². The van der Waals surface area contributed by atoms with E-state index in [1.165, 1.54) is 0 Å². The van der Waals surface area contributed by atoms with E-state index in [1.807, 2.05) is 6.92 Å². The molecule has 1 aliphatic rings. The number of esters is 1. The van der Waals surface area contributed by atoms with Crippen molar-refractivity contribution in [2.75, 3.05) is 19.7 Å². The number of carbonyl (C=O) groups is 1. The molecule has 3 heteroatoms. The molecule has 88 valence electrons. The monoisotopic (exact) mass is 213 g/mol. The van der Waals surface area contributed by atoms with Gasteiger partial charge in [-0.2, -0.15) is 0 Å². The van der Waals surface area contributed by atoms with Gasteiger partial charge in [0.05, 0.1) is 12.0 Å². The fourth-order valence-electron chi connectivity index (χ4n) is 1.96. The van der Waals surface area contributed by atoms with Crippen LogP contribution in [-0.2, 0) is 9.53 Å². The van der Waals surface area contributed by atoms with Crippen molar-refractivity contribution < 1.29 is 9.53 Å². The SMILES string of the molecule is CCCC(C)COC(=O)C1(C)CCNC1. The highest BCUT2D eigenvalue weighted by atomic mass is 16.5. The fraction of sp³-hybridized carbons (Fsp3) is 0.917. The fourth-order valence-corrected chi connectivity index (χ4v) is 1.96. The Bertz CT molecular complexity index is 210. The number of hydrogen-bond donors (Lipinski definition) is 1. The van der Waals surface area contributed by atoms with Gasteiger partial charge in [0.15, 0.2) is 0 Å². The lowest BCUT2D eigenvalue weighted by Gasteiger charge is -2.21. The summed E-state index contributed by atoms with van der Waals surface area (Å²) in [7, 11) is 0. The largest absolute Gasteiger partial charge is 0.465 e. The maximum atomic E-state index is 11.8. The number of nitrogens with one attached hydrogen (secondary N) is 1. The van der Waals surface area contributed by atoms with E-state index in [1.54, 1.807) is 0 Å². The number of carbonyl (C=O) groups excluding carboxylic acids is 1. The summed E-state index contributed by atoms with van der Waals surface area (Å²) in [6, 6.07) is 0. The predicted octanol–water partition coefficient (Wildman–Crippen LogP) is 1.97. The lowest BCUT2D eigenvalue weighted by atomic mass is 9.90. The van der Waals surface area contributed by atoms with Gasteiger partial charge in [-0.05, 0) is 32.2 Å². The first-order valence-electron chi connectivity index (χ1n) is 5.96. The zero-order chi connectivity index (χ0) is 11.3. The molecule has 1 rings (SSSR count). The van der Waals surface area contributed by atoms with Crippen LogP contribution >= 0.6 is 0 Å². The van der Waals surface area contributed by atoms with Gasteiger partial charge in [-0.3, -0.25) is 4.79 Å². The topological polar surface area (TPSA) is 38.3 Å². The molecule has 0 aromatic heterocycles. The first-order valence-corrected chi connectivity index (χ1v) is 5.96. The van der Waals surface area contributed by atoms with Crippen LogP contribution in [-0.4, -0.2) is 25.7 Å². The van der Waals surface area contributed by atoms with Crippen molar-refractivity contribution in [3.8, 4) is 0 Å². The van der Waals surface area contributed by atoms with Gasteiger partial charge in [-0.15, -0.1) is 0 Å². The molecule has 15 heavy (non-hydrogen) atoms. The number of ether oxygens (including phenoxy) is 1. The Hall–Kier alpha value is -0.570. The Morgan fingerprint density at radius 2 is 2.33 bits per heavy atom. The summed E-state index contributed by atoms with van der Waals surface area (Å²) in [6.45, 7) is 8.53. The van der Waals surface area contributed by atoms with Gasteiger partial charge in [-0.1, -0.05) is 20.3 Å². The van der Waals surface area contributed by atoms with Gasteiger partial charge >= 0.3 is 5.97 Å². The van der Waals surface area contributed by atoms with Crippen LogP contribution in [0.25, 0.3) is 0 Å². The Labute approximate surface area is 92.6 Å². The molecule has 3 nitrogen and oxygen atoms in total. The molecule has 1 heterocycles. The normalized spacial score (nSPS) is 27.7. The molecule has 0 spiro atoms. The first kappa shape index (κ1) is 12.5. The van der Waals surface area contributed by atoms with Crippen molar-refractivity contribution >= 4 is 5.97 Å². The minimum absolute atomic E-state index is 0.0320. The summed E-state index contributed by atoms with van der Waals surface area (Å²) in [5.74, 6) is 0.451. The second kappa shape index (κ2) is 5.50. The molecule has 0 aromatic rings. The number of rotatable bonds is 5. The molecular formula is C12H23NO2. The van der Waals surface area contributed by atoms with Gasteiger partial charge in [0.2, 0.25) is 0 Å². The summed E-state index contributed by atoms with van der Waals surface area (Å²) >= 11 is 0. The van der Waals surface area contributed by atoms with Crippen molar-refractivity contribution in [2.24, 2.45) is 11.3 Å². The smallest absolute Gasteiger partial charge is 0.313 e.